The van der Waals surface area contributed by atoms with Crippen LogP contribution < -0.4 is 4.74 Å². The Balaban J connectivity index is 2.20. The molecule has 6 nitrogen and oxygen atoms in total. The lowest BCUT2D eigenvalue weighted by atomic mass is 9.86. The van der Waals surface area contributed by atoms with Gasteiger partial charge in [0.2, 0.25) is 0 Å². The molecule has 0 saturated heterocycles. The summed E-state index contributed by atoms with van der Waals surface area (Å²) in [7, 11) is 0. The number of nitrogens with zero attached hydrogens (tertiary/aromatic N) is 1. The van der Waals surface area contributed by atoms with Gasteiger partial charge in [0.05, 0.1) is 11.4 Å². The van der Waals surface area contributed by atoms with Crippen LogP contribution in [0.3, 0.4) is 0 Å². The Bertz CT molecular complexity index is 1200. The summed E-state index contributed by atoms with van der Waals surface area (Å²) in [4.78, 5) is 25.2. The third-order valence-electron chi connectivity index (χ3n) is 5.10. The molecule has 2 aromatic carbocycles. The van der Waals surface area contributed by atoms with Crippen LogP contribution in [0.5, 0.6) is 11.5 Å². The monoisotopic (exact) mass is 453 g/mol. The van der Waals surface area contributed by atoms with Crippen LogP contribution in [-0.4, -0.2) is 33.0 Å². The molecule has 0 radical (unpaired) electrons. The highest BCUT2D eigenvalue weighted by atomic mass is 19.4. The van der Waals surface area contributed by atoms with E-state index in [9.17, 15) is 37.4 Å². The van der Waals surface area contributed by atoms with Gasteiger partial charge >= 0.3 is 12.3 Å². The van der Waals surface area contributed by atoms with Gasteiger partial charge in [-0.05, 0) is 48.7 Å². The van der Waals surface area contributed by atoms with Gasteiger partial charge in [0, 0.05) is 22.7 Å². The number of phenolic OH excluding ortho intramolecular Hbond substituents is 1. The maximum atomic E-state index is 14.2. The number of carbonyl (C=O) groups is 2. The van der Waals surface area contributed by atoms with E-state index in [1.54, 1.807) is 13.8 Å². The minimum atomic E-state index is -4.89. The van der Waals surface area contributed by atoms with Crippen molar-refractivity contribution in [3.05, 3.63) is 59.0 Å². The number of aromatic nitrogens is 1. The van der Waals surface area contributed by atoms with Gasteiger partial charge in [-0.1, -0.05) is 13.8 Å². The third kappa shape index (κ3) is 4.25. The molecule has 32 heavy (non-hydrogen) atoms. The number of ether oxygens (including phenoxy) is 1. The van der Waals surface area contributed by atoms with Crippen LogP contribution in [0, 0.1) is 18.7 Å². The number of halogens is 4. The summed E-state index contributed by atoms with van der Waals surface area (Å²) in [5.41, 5.74) is 0.450. The molecule has 10 heteroatoms. The summed E-state index contributed by atoms with van der Waals surface area (Å²) in [5.74, 6) is -5.57. The van der Waals surface area contributed by atoms with Crippen molar-refractivity contribution >= 4 is 22.8 Å². The molecule has 0 aliphatic rings. The summed E-state index contributed by atoms with van der Waals surface area (Å²) in [6.07, 6.45) is -4.89. The molecule has 0 bridgehead atoms. The quantitative estimate of drug-likeness (QED) is 0.518. The number of rotatable bonds is 5. The lowest BCUT2D eigenvalue weighted by Gasteiger charge is -2.17. The second-order valence-electron chi connectivity index (χ2n) is 7.59. The fourth-order valence-electron chi connectivity index (χ4n) is 3.77. The van der Waals surface area contributed by atoms with E-state index in [4.69, 9.17) is 0 Å². The van der Waals surface area contributed by atoms with Crippen molar-refractivity contribution in [2.24, 2.45) is 5.92 Å². The number of fused-ring (bicyclic) bond motifs is 1. The normalized spacial score (nSPS) is 12.9. The average Bonchev–Trinajstić information content (AvgIpc) is 2.92. The van der Waals surface area contributed by atoms with Gasteiger partial charge in [-0.15, -0.1) is 13.2 Å². The molecule has 1 aromatic heterocycles. The Kier molecular flexibility index (Phi) is 5.90. The van der Waals surface area contributed by atoms with E-state index in [0.29, 0.717) is 0 Å². The standard InChI is InChI=1S/C22H19F4NO5/c1-10(2)18(21(30)31)19-11(3)27(16-9-15(23)17(28)8-14(16)19)20(29)12-4-6-13(7-5-12)32-22(24,25)26/h4-10,18,28H,1-3H3,(H,30,31). The number of benzene rings is 2. The molecule has 2 N–H and O–H groups in total. The lowest BCUT2D eigenvalue weighted by molar-refractivity contribution is -0.274. The molecule has 1 unspecified atom stereocenters. The number of phenols is 1. The average molecular weight is 453 g/mol. The van der Waals surface area contributed by atoms with Gasteiger partial charge in [-0.2, -0.15) is 0 Å². The number of hydrogen-bond donors (Lipinski definition) is 2. The van der Waals surface area contributed by atoms with E-state index in [1.165, 1.54) is 6.92 Å². The zero-order chi connectivity index (χ0) is 24.0. The zero-order valence-electron chi connectivity index (χ0n) is 17.2. The lowest BCUT2D eigenvalue weighted by Crippen LogP contribution is -2.20. The molecule has 3 aromatic rings. The summed E-state index contributed by atoms with van der Waals surface area (Å²) in [6.45, 7) is 4.83. The molecule has 0 aliphatic heterocycles. The summed E-state index contributed by atoms with van der Waals surface area (Å²) in [6, 6.07) is 6.13. The Morgan fingerprint density at radius 2 is 1.69 bits per heavy atom. The minimum Gasteiger partial charge on any atom is -0.505 e. The van der Waals surface area contributed by atoms with Gasteiger partial charge in [0.15, 0.2) is 11.6 Å². The van der Waals surface area contributed by atoms with E-state index >= 15 is 0 Å². The largest absolute Gasteiger partial charge is 0.573 e. The molecule has 0 aliphatic carbocycles. The topological polar surface area (TPSA) is 88.8 Å². The fraction of sp³-hybridized carbons (Fsp3) is 0.273. The highest BCUT2D eigenvalue weighted by Gasteiger charge is 2.33. The molecule has 0 fully saturated rings. The van der Waals surface area contributed by atoms with Crippen molar-refractivity contribution in [2.45, 2.75) is 33.1 Å². The van der Waals surface area contributed by atoms with Crippen LogP contribution >= 0.6 is 0 Å². The number of aromatic hydroxyl groups is 1. The minimum absolute atomic E-state index is 0.0281. The molecule has 1 atom stereocenters. The smallest absolute Gasteiger partial charge is 0.505 e. The second kappa shape index (κ2) is 8.18. The number of alkyl halides is 3. The van der Waals surface area contributed by atoms with Crippen molar-refractivity contribution in [1.29, 1.82) is 0 Å². The maximum Gasteiger partial charge on any atom is 0.573 e. The Morgan fingerprint density at radius 3 is 2.19 bits per heavy atom. The van der Waals surface area contributed by atoms with E-state index in [1.807, 2.05) is 0 Å². The van der Waals surface area contributed by atoms with E-state index in [0.717, 1.165) is 41.0 Å². The molecule has 1 heterocycles. The highest BCUT2D eigenvalue weighted by molar-refractivity contribution is 6.05. The first-order valence-corrected chi connectivity index (χ1v) is 9.48. The number of carbonyl (C=O) groups excluding carboxylic acids is 1. The van der Waals surface area contributed by atoms with Crippen LogP contribution in [0.2, 0.25) is 0 Å². The number of aliphatic carboxylic acids is 1. The van der Waals surface area contributed by atoms with Crippen LogP contribution in [0.25, 0.3) is 10.9 Å². The van der Waals surface area contributed by atoms with Gasteiger partial charge in [0.1, 0.15) is 5.75 Å². The van der Waals surface area contributed by atoms with Crippen molar-refractivity contribution in [3.8, 4) is 11.5 Å². The van der Waals surface area contributed by atoms with Crippen molar-refractivity contribution < 1.29 is 42.1 Å². The molecule has 0 saturated carbocycles. The molecule has 3 rings (SSSR count). The SMILES string of the molecule is Cc1c(C(C(=O)O)C(C)C)c2cc(O)c(F)cc2n1C(=O)c1ccc(OC(F)(F)F)cc1. The second-order valence-corrected chi connectivity index (χ2v) is 7.59. The molecule has 170 valence electrons. The van der Waals surface area contributed by atoms with Crippen molar-refractivity contribution in [3.63, 3.8) is 0 Å². The Hall–Kier alpha value is -3.56. The van der Waals surface area contributed by atoms with Gasteiger partial charge in [0.25, 0.3) is 5.91 Å². The maximum absolute atomic E-state index is 14.2. The zero-order valence-corrected chi connectivity index (χ0v) is 17.2. The Labute approximate surface area is 179 Å². The van der Waals surface area contributed by atoms with E-state index in [-0.39, 0.29) is 27.7 Å². The molecular formula is C22H19F4NO5. The summed E-state index contributed by atoms with van der Waals surface area (Å²) >= 11 is 0. The molecular weight excluding hydrogens is 434 g/mol. The van der Waals surface area contributed by atoms with Crippen LogP contribution in [-0.2, 0) is 4.79 Å². The summed E-state index contributed by atoms with van der Waals surface area (Å²) in [5, 5.41) is 19.8. The fourth-order valence-corrected chi connectivity index (χ4v) is 3.77. The molecule has 0 spiro atoms. The molecule has 0 amide bonds. The van der Waals surface area contributed by atoms with E-state index in [2.05, 4.69) is 4.74 Å². The van der Waals surface area contributed by atoms with E-state index < -0.39 is 47.4 Å². The number of hydrogen-bond acceptors (Lipinski definition) is 4. The van der Waals surface area contributed by atoms with Crippen LogP contribution in [0.15, 0.2) is 36.4 Å². The third-order valence-corrected chi connectivity index (χ3v) is 5.10. The van der Waals surface area contributed by atoms with Crippen LogP contribution in [0.4, 0.5) is 17.6 Å². The van der Waals surface area contributed by atoms with Crippen LogP contribution in [0.1, 0.15) is 41.4 Å². The van der Waals surface area contributed by atoms with Crippen molar-refractivity contribution in [2.75, 3.05) is 0 Å². The Morgan fingerprint density at radius 1 is 1.09 bits per heavy atom. The predicted octanol–water partition coefficient (Wildman–Crippen LogP) is 5.21. The highest BCUT2D eigenvalue weighted by Crippen LogP contribution is 2.39. The first-order valence-electron chi connectivity index (χ1n) is 9.48. The first-order chi connectivity index (χ1) is 14.8. The predicted molar refractivity (Wildman–Crippen MR) is 106 cm³/mol. The number of carboxylic acid groups (broad SMARTS) is 1. The van der Waals surface area contributed by atoms with Gasteiger partial charge in [-0.25, -0.2) is 4.39 Å². The van der Waals surface area contributed by atoms with Gasteiger partial charge < -0.3 is 14.9 Å². The summed E-state index contributed by atoms with van der Waals surface area (Å²) < 4.78 is 56.2. The first kappa shape index (κ1) is 23.1. The van der Waals surface area contributed by atoms with Gasteiger partial charge in [-0.3, -0.25) is 14.2 Å². The van der Waals surface area contributed by atoms with Crippen molar-refractivity contribution in [1.82, 2.24) is 4.57 Å². The number of carboxylic acids is 1.